The molecule has 0 fully saturated rings. The standard InChI is InChI=1S/C14H11NO/c1-3-13-8-7-12(10-15-13)11-5-4-6-14(9-11)16-2/h1,4-10H,2H3. The van der Waals surface area contributed by atoms with E-state index >= 15 is 0 Å². The van der Waals surface area contributed by atoms with E-state index in [9.17, 15) is 0 Å². The lowest BCUT2D eigenvalue weighted by Gasteiger charge is -2.04. The minimum Gasteiger partial charge on any atom is -0.497 e. The second kappa shape index (κ2) is 4.50. The largest absolute Gasteiger partial charge is 0.497 e. The van der Waals surface area contributed by atoms with Crippen molar-refractivity contribution in [1.82, 2.24) is 4.98 Å². The molecule has 0 unspecified atom stereocenters. The van der Waals surface area contributed by atoms with E-state index < -0.39 is 0 Å². The van der Waals surface area contributed by atoms with Crippen molar-refractivity contribution in [3.8, 4) is 29.2 Å². The van der Waals surface area contributed by atoms with Crippen molar-refractivity contribution in [1.29, 1.82) is 0 Å². The van der Waals surface area contributed by atoms with Crippen LogP contribution in [0.4, 0.5) is 0 Å². The van der Waals surface area contributed by atoms with E-state index in [1.807, 2.05) is 36.4 Å². The van der Waals surface area contributed by atoms with E-state index in [2.05, 4.69) is 10.9 Å². The molecule has 0 aliphatic heterocycles. The molecule has 78 valence electrons. The number of pyridine rings is 1. The SMILES string of the molecule is C#Cc1ccc(-c2cccc(OC)c2)cn1. The number of methoxy groups -OCH3 is 1. The summed E-state index contributed by atoms with van der Waals surface area (Å²) in [5.74, 6) is 3.32. The lowest BCUT2D eigenvalue weighted by Crippen LogP contribution is -1.86. The topological polar surface area (TPSA) is 22.1 Å². The van der Waals surface area contributed by atoms with Gasteiger partial charge in [0.15, 0.2) is 0 Å². The fraction of sp³-hybridized carbons (Fsp3) is 0.0714. The van der Waals surface area contributed by atoms with Gasteiger partial charge in [0.25, 0.3) is 0 Å². The minimum absolute atomic E-state index is 0.645. The Labute approximate surface area is 94.9 Å². The van der Waals surface area contributed by atoms with Gasteiger partial charge in [-0.1, -0.05) is 24.1 Å². The lowest BCUT2D eigenvalue weighted by molar-refractivity contribution is 0.415. The van der Waals surface area contributed by atoms with Gasteiger partial charge >= 0.3 is 0 Å². The second-order valence-electron chi connectivity index (χ2n) is 3.31. The summed E-state index contributed by atoms with van der Waals surface area (Å²) >= 11 is 0. The Bertz CT molecular complexity index is 523. The fourth-order valence-electron chi connectivity index (χ4n) is 1.45. The van der Waals surface area contributed by atoms with Gasteiger partial charge < -0.3 is 4.74 Å². The highest BCUT2D eigenvalue weighted by atomic mass is 16.5. The van der Waals surface area contributed by atoms with Gasteiger partial charge in [0, 0.05) is 11.8 Å². The molecule has 0 atom stereocenters. The Balaban J connectivity index is 2.39. The third kappa shape index (κ3) is 2.04. The normalized spacial score (nSPS) is 9.50. The number of ether oxygens (including phenoxy) is 1. The summed E-state index contributed by atoms with van der Waals surface area (Å²) in [4.78, 5) is 4.15. The van der Waals surface area contributed by atoms with Gasteiger partial charge in [0.2, 0.25) is 0 Å². The molecular formula is C14H11NO. The monoisotopic (exact) mass is 209 g/mol. The van der Waals surface area contributed by atoms with Crippen molar-refractivity contribution < 1.29 is 4.74 Å². The van der Waals surface area contributed by atoms with E-state index in [0.717, 1.165) is 16.9 Å². The van der Waals surface area contributed by atoms with Crippen LogP contribution in [0.2, 0.25) is 0 Å². The van der Waals surface area contributed by atoms with Gasteiger partial charge in [0.1, 0.15) is 11.4 Å². The lowest BCUT2D eigenvalue weighted by atomic mass is 10.1. The molecule has 2 heteroatoms. The smallest absolute Gasteiger partial charge is 0.119 e. The summed E-state index contributed by atoms with van der Waals surface area (Å²) in [7, 11) is 1.65. The fourth-order valence-corrected chi connectivity index (χ4v) is 1.45. The van der Waals surface area contributed by atoms with Crippen molar-refractivity contribution in [2.45, 2.75) is 0 Å². The van der Waals surface area contributed by atoms with Crippen LogP contribution >= 0.6 is 0 Å². The van der Waals surface area contributed by atoms with Gasteiger partial charge in [-0.3, -0.25) is 0 Å². The Morgan fingerprint density at radius 3 is 2.69 bits per heavy atom. The first-order valence-corrected chi connectivity index (χ1v) is 4.90. The molecular weight excluding hydrogens is 198 g/mol. The van der Waals surface area contributed by atoms with Gasteiger partial charge in [-0.15, -0.1) is 6.42 Å². The van der Waals surface area contributed by atoms with E-state index in [1.54, 1.807) is 13.3 Å². The van der Waals surface area contributed by atoms with Crippen LogP contribution in [0.25, 0.3) is 11.1 Å². The molecule has 0 N–H and O–H groups in total. The highest BCUT2D eigenvalue weighted by Crippen LogP contribution is 2.22. The van der Waals surface area contributed by atoms with Crippen molar-refractivity contribution in [3.05, 3.63) is 48.3 Å². The molecule has 2 rings (SSSR count). The number of nitrogens with zero attached hydrogens (tertiary/aromatic N) is 1. The molecule has 0 aliphatic rings. The first-order chi connectivity index (χ1) is 7.83. The zero-order chi connectivity index (χ0) is 11.4. The predicted octanol–water partition coefficient (Wildman–Crippen LogP) is 2.74. The molecule has 2 aromatic rings. The summed E-state index contributed by atoms with van der Waals surface area (Å²) < 4.78 is 5.17. The first kappa shape index (κ1) is 10.3. The van der Waals surface area contributed by atoms with Crippen molar-refractivity contribution >= 4 is 0 Å². The molecule has 1 aromatic heterocycles. The number of hydrogen-bond donors (Lipinski definition) is 0. The van der Waals surface area contributed by atoms with Crippen molar-refractivity contribution in [2.24, 2.45) is 0 Å². The van der Waals surface area contributed by atoms with Crippen LogP contribution in [-0.4, -0.2) is 12.1 Å². The predicted molar refractivity (Wildman–Crippen MR) is 64.2 cm³/mol. The summed E-state index contributed by atoms with van der Waals surface area (Å²) in [6.45, 7) is 0. The van der Waals surface area contributed by atoms with E-state index in [4.69, 9.17) is 11.2 Å². The molecule has 1 heterocycles. The first-order valence-electron chi connectivity index (χ1n) is 4.90. The van der Waals surface area contributed by atoms with E-state index in [0.29, 0.717) is 5.69 Å². The summed E-state index contributed by atoms with van der Waals surface area (Å²) in [6.07, 6.45) is 7.02. The molecule has 1 aromatic carbocycles. The van der Waals surface area contributed by atoms with Crippen LogP contribution in [-0.2, 0) is 0 Å². The molecule has 0 saturated heterocycles. The maximum Gasteiger partial charge on any atom is 0.119 e. The van der Waals surface area contributed by atoms with Crippen LogP contribution in [0.1, 0.15) is 5.69 Å². The molecule has 0 amide bonds. The number of rotatable bonds is 2. The second-order valence-corrected chi connectivity index (χ2v) is 3.31. The summed E-state index contributed by atoms with van der Waals surface area (Å²) in [5, 5.41) is 0. The Kier molecular flexibility index (Phi) is 2.88. The third-order valence-corrected chi connectivity index (χ3v) is 2.31. The Hall–Kier alpha value is -2.27. The van der Waals surface area contributed by atoms with E-state index in [-0.39, 0.29) is 0 Å². The minimum atomic E-state index is 0.645. The van der Waals surface area contributed by atoms with E-state index in [1.165, 1.54) is 0 Å². The number of hydrogen-bond acceptors (Lipinski definition) is 2. The molecule has 0 saturated carbocycles. The van der Waals surface area contributed by atoms with Gasteiger partial charge in [-0.25, -0.2) is 4.98 Å². The number of terminal acetylenes is 1. The van der Waals surface area contributed by atoms with Crippen LogP contribution in [0.3, 0.4) is 0 Å². The maximum atomic E-state index is 5.25. The molecule has 2 nitrogen and oxygen atoms in total. The molecule has 0 spiro atoms. The molecule has 0 aliphatic carbocycles. The molecule has 0 bridgehead atoms. The Morgan fingerprint density at radius 2 is 2.06 bits per heavy atom. The Morgan fingerprint density at radius 1 is 1.19 bits per heavy atom. The molecule has 16 heavy (non-hydrogen) atoms. The van der Waals surface area contributed by atoms with Crippen LogP contribution in [0.15, 0.2) is 42.6 Å². The quantitative estimate of drug-likeness (QED) is 0.709. The zero-order valence-corrected chi connectivity index (χ0v) is 8.97. The highest BCUT2D eigenvalue weighted by molar-refractivity contribution is 5.64. The summed E-state index contributed by atoms with van der Waals surface area (Å²) in [6, 6.07) is 11.6. The average Bonchev–Trinajstić information content (AvgIpc) is 2.39. The molecule has 0 radical (unpaired) electrons. The van der Waals surface area contributed by atoms with Gasteiger partial charge in [0.05, 0.1) is 7.11 Å². The van der Waals surface area contributed by atoms with Gasteiger partial charge in [-0.05, 0) is 23.8 Å². The highest BCUT2D eigenvalue weighted by Gasteiger charge is 1.99. The average molecular weight is 209 g/mol. The van der Waals surface area contributed by atoms with Crippen molar-refractivity contribution in [3.63, 3.8) is 0 Å². The van der Waals surface area contributed by atoms with Crippen LogP contribution < -0.4 is 4.74 Å². The zero-order valence-electron chi connectivity index (χ0n) is 8.97. The number of aromatic nitrogens is 1. The third-order valence-electron chi connectivity index (χ3n) is 2.31. The van der Waals surface area contributed by atoms with Gasteiger partial charge in [-0.2, -0.15) is 0 Å². The van der Waals surface area contributed by atoms with Crippen molar-refractivity contribution in [2.75, 3.05) is 7.11 Å². The van der Waals surface area contributed by atoms with Crippen LogP contribution in [0, 0.1) is 12.3 Å². The number of benzene rings is 1. The maximum absolute atomic E-state index is 5.25. The van der Waals surface area contributed by atoms with Crippen LogP contribution in [0.5, 0.6) is 5.75 Å². The summed E-state index contributed by atoms with van der Waals surface area (Å²) in [5.41, 5.74) is 2.74.